The van der Waals surface area contributed by atoms with E-state index in [0.717, 1.165) is 0 Å². The predicted molar refractivity (Wildman–Crippen MR) is 18.6 cm³/mol. The second kappa shape index (κ2) is 2.94. The van der Waals surface area contributed by atoms with Crippen LogP contribution in [0.3, 0.4) is 0 Å². The first-order valence-corrected chi connectivity index (χ1v) is 1.43. The van der Waals surface area contributed by atoms with Gasteiger partial charge in [-0.2, -0.15) is 0 Å². The fourth-order valence-corrected chi connectivity index (χ4v) is 0.215. The molecule has 0 saturated carbocycles. The summed E-state index contributed by atoms with van der Waals surface area (Å²) in [6.45, 7) is 0. The van der Waals surface area contributed by atoms with Gasteiger partial charge >= 0.3 is 17.1 Å². The normalized spacial score (nSPS) is 6.67. The predicted octanol–water partition coefficient (Wildman–Crippen LogP) is 0.407. The minimum absolute atomic E-state index is 0. The number of hydrogen-bond donors (Lipinski definition) is 1. The second-order valence-electron chi connectivity index (χ2n) is 0.761. The zero-order valence-corrected chi connectivity index (χ0v) is 3.92. The summed E-state index contributed by atoms with van der Waals surface area (Å²) in [4.78, 5) is 6.42. The Morgan fingerprint density at radius 1 is 1.50 bits per heavy atom. The molecule has 1 radical (unpaired) electrons. The minimum Gasteiger partial charge on any atom is -0.351 e. The molecular weight excluding hydrogens is 128 g/mol. The molecule has 0 unspecified atom stereocenters. The van der Waals surface area contributed by atoms with Gasteiger partial charge in [-0.15, -0.1) is 0 Å². The smallest absolute Gasteiger partial charge is 0.351 e. The van der Waals surface area contributed by atoms with Crippen LogP contribution in [-0.2, 0) is 17.1 Å². The Kier molecular flexibility index (Phi) is 2.81. The molecule has 0 bridgehead atoms. The van der Waals surface area contributed by atoms with Gasteiger partial charge in [-0.05, 0) is 0 Å². The van der Waals surface area contributed by atoms with Crippen molar-refractivity contribution in [2.24, 2.45) is 0 Å². The van der Waals surface area contributed by atoms with Crippen LogP contribution in [0.4, 0.5) is 0 Å². The molecule has 6 heavy (non-hydrogen) atoms. The summed E-state index contributed by atoms with van der Waals surface area (Å²) >= 11 is 0. The van der Waals surface area contributed by atoms with Gasteiger partial charge in [0.2, 0.25) is 0 Å². The Labute approximate surface area is 46.5 Å². The maximum Gasteiger partial charge on any atom is 2.00 e. The van der Waals surface area contributed by atoms with Gasteiger partial charge in [-0.25, -0.2) is 4.98 Å². The molecule has 1 aromatic rings. The number of rotatable bonds is 0. The third-order valence-electron chi connectivity index (χ3n) is 0.406. The summed E-state index contributed by atoms with van der Waals surface area (Å²) < 4.78 is 0. The number of nitrogens with one attached hydrogen (secondary N) is 1. The van der Waals surface area contributed by atoms with Crippen LogP contribution >= 0.6 is 0 Å². The molecule has 1 N–H and O–H groups in total. The summed E-state index contributed by atoms with van der Waals surface area (Å²) in [7, 11) is 0. The molecule has 1 aromatic heterocycles. The topological polar surface area (TPSA) is 28.7 Å². The van der Waals surface area contributed by atoms with E-state index in [1.54, 1.807) is 18.7 Å². The van der Waals surface area contributed by atoms with Crippen LogP contribution in [0.1, 0.15) is 0 Å². The number of H-pyrrole nitrogens is 1. The molecule has 0 amide bonds. The summed E-state index contributed by atoms with van der Waals surface area (Å²) in [6, 6.07) is 0. The van der Waals surface area contributed by atoms with Crippen molar-refractivity contribution in [2.45, 2.75) is 0 Å². The first-order chi connectivity index (χ1) is 2.50. The van der Waals surface area contributed by atoms with E-state index in [-0.39, 0.29) is 17.1 Å². The maximum absolute atomic E-state index is 3.67. The number of nitrogens with zero attached hydrogens (tertiary/aromatic N) is 1. The molecule has 1 heterocycles. The molecule has 0 aromatic carbocycles. The van der Waals surface area contributed by atoms with E-state index in [1.165, 1.54) is 0 Å². The third kappa shape index (κ3) is 1.24. The van der Waals surface area contributed by atoms with E-state index in [4.69, 9.17) is 0 Å². The first kappa shape index (κ1) is 5.73. The fourth-order valence-electron chi connectivity index (χ4n) is 0.215. The molecule has 0 spiro atoms. The van der Waals surface area contributed by atoms with Gasteiger partial charge in [-0.1, -0.05) is 0 Å². The van der Waals surface area contributed by atoms with E-state index >= 15 is 0 Å². The van der Waals surface area contributed by atoms with Crippen molar-refractivity contribution in [3.05, 3.63) is 18.7 Å². The fraction of sp³-hybridized carbons (Fsp3) is 0. The van der Waals surface area contributed by atoms with Crippen LogP contribution < -0.4 is 0 Å². The van der Waals surface area contributed by atoms with Crippen molar-refractivity contribution < 1.29 is 17.1 Å². The standard InChI is InChI=1S/C3H4N2.Cu/c1-2-5-3-4-1;/h1-3H,(H,4,5);/q;+2. The largest absolute Gasteiger partial charge is 2.00 e. The van der Waals surface area contributed by atoms with Crippen molar-refractivity contribution >= 4 is 0 Å². The zero-order valence-electron chi connectivity index (χ0n) is 2.98. The van der Waals surface area contributed by atoms with E-state index in [0.29, 0.717) is 0 Å². The SMILES string of the molecule is [Cu+2].c1c[nH]cn1. The number of aromatic amines is 1. The minimum atomic E-state index is 0. The van der Waals surface area contributed by atoms with Gasteiger partial charge in [0.1, 0.15) is 0 Å². The molecule has 3 heteroatoms. The third-order valence-corrected chi connectivity index (χ3v) is 0.406. The van der Waals surface area contributed by atoms with Gasteiger partial charge in [0.05, 0.1) is 6.33 Å². The van der Waals surface area contributed by atoms with Crippen molar-refractivity contribution in [1.29, 1.82) is 0 Å². The Hall–Kier alpha value is -0.271. The Balaban J connectivity index is 0.000000250. The molecule has 0 saturated heterocycles. The van der Waals surface area contributed by atoms with Crippen LogP contribution in [0, 0.1) is 0 Å². The van der Waals surface area contributed by atoms with Crippen LogP contribution in [0.5, 0.6) is 0 Å². The molecule has 1 rings (SSSR count). The van der Waals surface area contributed by atoms with Gasteiger partial charge in [0.15, 0.2) is 0 Å². The number of hydrogen-bond acceptors (Lipinski definition) is 1. The Morgan fingerprint density at radius 2 is 2.33 bits per heavy atom. The van der Waals surface area contributed by atoms with Crippen LogP contribution in [-0.4, -0.2) is 9.97 Å². The quantitative estimate of drug-likeness (QED) is 0.508. The van der Waals surface area contributed by atoms with E-state index < -0.39 is 0 Å². The van der Waals surface area contributed by atoms with Crippen molar-refractivity contribution in [3.8, 4) is 0 Å². The molecular formula is C3H4CuN2+2. The van der Waals surface area contributed by atoms with Crippen molar-refractivity contribution in [1.82, 2.24) is 9.97 Å². The average molecular weight is 132 g/mol. The molecule has 0 atom stereocenters. The van der Waals surface area contributed by atoms with Gasteiger partial charge in [0, 0.05) is 12.4 Å². The summed E-state index contributed by atoms with van der Waals surface area (Å²) in [6.07, 6.45) is 5.08. The monoisotopic (exact) mass is 131 g/mol. The van der Waals surface area contributed by atoms with E-state index in [2.05, 4.69) is 9.97 Å². The summed E-state index contributed by atoms with van der Waals surface area (Å²) in [5, 5.41) is 0. The van der Waals surface area contributed by atoms with Crippen LogP contribution in [0.2, 0.25) is 0 Å². The van der Waals surface area contributed by atoms with Gasteiger partial charge in [0.25, 0.3) is 0 Å². The van der Waals surface area contributed by atoms with Crippen molar-refractivity contribution in [3.63, 3.8) is 0 Å². The molecule has 35 valence electrons. The van der Waals surface area contributed by atoms with Crippen LogP contribution in [0.25, 0.3) is 0 Å². The summed E-state index contributed by atoms with van der Waals surface area (Å²) in [5.41, 5.74) is 0. The molecule has 0 aliphatic carbocycles. The van der Waals surface area contributed by atoms with E-state index in [1.807, 2.05) is 0 Å². The van der Waals surface area contributed by atoms with E-state index in [9.17, 15) is 0 Å². The average Bonchev–Trinajstić information content (AvgIpc) is 1.76. The second-order valence-corrected chi connectivity index (χ2v) is 0.761. The number of aromatic nitrogens is 2. The molecule has 0 fully saturated rings. The van der Waals surface area contributed by atoms with Gasteiger partial charge < -0.3 is 4.98 Å². The molecule has 0 aliphatic rings. The number of imidazole rings is 1. The molecule has 0 aliphatic heterocycles. The van der Waals surface area contributed by atoms with Crippen LogP contribution in [0.15, 0.2) is 18.7 Å². The molecule has 2 nitrogen and oxygen atoms in total. The van der Waals surface area contributed by atoms with Crippen molar-refractivity contribution in [2.75, 3.05) is 0 Å². The zero-order chi connectivity index (χ0) is 3.54. The summed E-state index contributed by atoms with van der Waals surface area (Å²) in [5.74, 6) is 0. The maximum atomic E-state index is 3.67. The van der Waals surface area contributed by atoms with Gasteiger partial charge in [-0.3, -0.25) is 0 Å². The Bertz CT molecular complexity index is 65.3. The first-order valence-electron chi connectivity index (χ1n) is 1.43. The Morgan fingerprint density at radius 3 is 2.50 bits per heavy atom.